The number of aromatic nitrogens is 1. The number of ether oxygens (including phenoxy) is 1. The van der Waals surface area contributed by atoms with Gasteiger partial charge in [0.05, 0.1) is 12.3 Å². The van der Waals surface area contributed by atoms with Gasteiger partial charge in [-0.05, 0) is 25.8 Å². The van der Waals surface area contributed by atoms with Crippen molar-refractivity contribution in [3.8, 4) is 0 Å². The van der Waals surface area contributed by atoms with Crippen molar-refractivity contribution >= 4 is 5.91 Å². The zero-order chi connectivity index (χ0) is 16.7. The van der Waals surface area contributed by atoms with Crippen molar-refractivity contribution in [2.45, 2.75) is 33.2 Å². The molecule has 0 aliphatic heterocycles. The molecule has 0 saturated heterocycles. The fourth-order valence-electron chi connectivity index (χ4n) is 2.55. The van der Waals surface area contributed by atoms with Crippen molar-refractivity contribution < 1.29 is 14.1 Å². The lowest BCUT2D eigenvalue weighted by atomic mass is 10.1. The molecule has 0 bridgehead atoms. The molecule has 1 aromatic carbocycles. The van der Waals surface area contributed by atoms with E-state index >= 15 is 0 Å². The molecule has 1 heterocycles. The predicted octanol–water partition coefficient (Wildman–Crippen LogP) is 2.90. The largest absolute Gasteiger partial charge is 0.383 e. The SMILES string of the molecule is COCCN(Cc1ccccc1)C(=O)CCc1c(C)noc1C. The summed E-state index contributed by atoms with van der Waals surface area (Å²) in [5.41, 5.74) is 3.01. The number of hydrogen-bond acceptors (Lipinski definition) is 4. The Labute approximate surface area is 137 Å². The average molecular weight is 316 g/mol. The summed E-state index contributed by atoms with van der Waals surface area (Å²) in [5, 5.41) is 3.94. The average Bonchev–Trinajstić information content (AvgIpc) is 2.88. The number of nitrogens with zero attached hydrogens (tertiary/aromatic N) is 2. The third-order valence-electron chi connectivity index (χ3n) is 3.90. The molecular weight excluding hydrogens is 292 g/mol. The summed E-state index contributed by atoms with van der Waals surface area (Å²) >= 11 is 0. The van der Waals surface area contributed by atoms with E-state index in [0.29, 0.717) is 32.5 Å². The summed E-state index contributed by atoms with van der Waals surface area (Å²) in [6.45, 7) is 5.51. The Balaban J connectivity index is 1.98. The van der Waals surface area contributed by atoms with Gasteiger partial charge >= 0.3 is 0 Å². The first kappa shape index (κ1) is 17.2. The van der Waals surface area contributed by atoms with Gasteiger partial charge in [-0.2, -0.15) is 0 Å². The molecule has 124 valence electrons. The number of amides is 1. The molecule has 0 saturated carbocycles. The lowest BCUT2D eigenvalue weighted by Gasteiger charge is -2.22. The molecule has 5 nitrogen and oxygen atoms in total. The molecule has 0 radical (unpaired) electrons. The number of benzene rings is 1. The summed E-state index contributed by atoms with van der Waals surface area (Å²) in [4.78, 5) is 14.4. The second-order valence-electron chi connectivity index (χ2n) is 5.60. The van der Waals surface area contributed by atoms with E-state index in [4.69, 9.17) is 9.26 Å². The van der Waals surface area contributed by atoms with Gasteiger partial charge < -0.3 is 14.2 Å². The van der Waals surface area contributed by atoms with Gasteiger partial charge in [0, 0.05) is 32.2 Å². The molecular formula is C18H24N2O3. The normalized spacial score (nSPS) is 10.7. The molecule has 1 amide bonds. The quantitative estimate of drug-likeness (QED) is 0.751. The number of carbonyl (C=O) groups excluding carboxylic acids is 1. The Bertz CT molecular complexity index is 603. The van der Waals surface area contributed by atoms with Crippen LogP contribution in [-0.4, -0.2) is 36.2 Å². The van der Waals surface area contributed by atoms with Gasteiger partial charge in [-0.25, -0.2) is 0 Å². The summed E-state index contributed by atoms with van der Waals surface area (Å²) in [5.74, 6) is 0.910. The number of methoxy groups -OCH3 is 1. The van der Waals surface area contributed by atoms with Crippen molar-refractivity contribution in [3.05, 3.63) is 52.9 Å². The Morgan fingerprint density at radius 3 is 2.61 bits per heavy atom. The van der Waals surface area contributed by atoms with Crippen LogP contribution in [-0.2, 0) is 22.5 Å². The Kier molecular flexibility index (Phi) is 6.35. The van der Waals surface area contributed by atoms with Gasteiger partial charge in [0.1, 0.15) is 5.76 Å². The van der Waals surface area contributed by atoms with Crippen LogP contribution in [0.15, 0.2) is 34.9 Å². The molecule has 0 unspecified atom stereocenters. The molecule has 0 N–H and O–H groups in total. The van der Waals surface area contributed by atoms with Crippen molar-refractivity contribution in [3.63, 3.8) is 0 Å². The summed E-state index contributed by atoms with van der Waals surface area (Å²) < 4.78 is 10.3. The second kappa shape index (κ2) is 8.48. The zero-order valence-electron chi connectivity index (χ0n) is 14.0. The smallest absolute Gasteiger partial charge is 0.223 e. The van der Waals surface area contributed by atoms with Crippen LogP contribution in [0.5, 0.6) is 0 Å². The fourth-order valence-corrected chi connectivity index (χ4v) is 2.55. The van der Waals surface area contributed by atoms with Crippen LogP contribution in [0.1, 0.15) is 29.0 Å². The third kappa shape index (κ3) is 4.93. The van der Waals surface area contributed by atoms with Crippen LogP contribution < -0.4 is 0 Å². The Hall–Kier alpha value is -2.14. The number of rotatable bonds is 8. The van der Waals surface area contributed by atoms with E-state index in [9.17, 15) is 4.79 Å². The topological polar surface area (TPSA) is 55.6 Å². The highest BCUT2D eigenvalue weighted by Crippen LogP contribution is 2.15. The number of carbonyl (C=O) groups is 1. The van der Waals surface area contributed by atoms with Gasteiger partial charge in [0.2, 0.25) is 5.91 Å². The van der Waals surface area contributed by atoms with Crippen LogP contribution in [0.25, 0.3) is 0 Å². The van der Waals surface area contributed by atoms with Gasteiger partial charge in [-0.15, -0.1) is 0 Å². The molecule has 5 heteroatoms. The van der Waals surface area contributed by atoms with Crippen LogP contribution in [0.2, 0.25) is 0 Å². The lowest BCUT2D eigenvalue weighted by molar-refractivity contribution is -0.132. The van der Waals surface area contributed by atoms with Crippen molar-refractivity contribution in [1.29, 1.82) is 0 Å². The maximum atomic E-state index is 12.6. The minimum Gasteiger partial charge on any atom is -0.383 e. The Morgan fingerprint density at radius 2 is 2.00 bits per heavy atom. The molecule has 0 aliphatic carbocycles. The molecule has 0 fully saturated rings. The predicted molar refractivity (Wildman–Crippen MR) is 88.0 cm³/mol. The number of aryl methyl sites for hydroxylation is 2. The molecule has 1 aromatic heterocycles. The van der Waals surface area contributed by atoms with Crippen LogP contribution in [0.4, 0.5) is 0 Å². The number of hydrogen-bond donors (Lipinski definition) is 0. The zero-order valence-corrected chi connectivity index (χ0v) is 14.0. The third-order valence-corrected chi connectivity index (χ3v) is 3.90. The van der Waals surface area contributed by atoms with Crippen molar-refractivity contribution in [2.24, 2.45) is 0 Å². The Morgan fingerprint density at radius 1 is 1.26 bits per heavy atom. The highest BCUT2D eigenvalue weighted by molar-refractivity contribution is 5.76. The molecule has 0 aliphatic rings. The molecule has 23 heavy (non-hydrogen) atoms. The second-order valence-corrected chi connectivity index (χ2v) is 5.60. The summed E-state index contributed by atoms with van der Waals surface area (Å²) in [6.07, 6.45) is 1.09. The standard InChI is InChI=1S/C18H24N2O3/c1-14-17(15(2)23-19-14)9-10-18(21)20(11-12-22-3)13-16-7-5-4-6-8-16/h4-8H,9-13H2,1-3H3. The van der Waals surface area contributed by atoms with E-state index in [1.807, 2.05) is 49.1 Å². The molecule has 2 aromatic rings. The highest BCUT2D eigenvalue weighted by atomic mass is 16.5. The molecule has 2 rings (SSSR count). The lowest BCUT2D eigenvalue weighted by Crippen LogP contribution is -2.33. The maximum Gasteiger partial charge on any atom is 0.223 e. The van der Waals surface area contributed by atoms with E-state index in [2.05, 4.69) is 5.16 Å². The highest BCUT2D eigenvalue weighted by Gasteiger charge is 2.16. The maximum absolute atomic E-state index is 12.6. The van der Waals surface area contributed by atoms with Crippen molar-refractivity contribution in [1.82, 2.24) is 10.1 Å². The first-order valence-corrected chi connectivity index (χ1v) is 7.84. The molecule has 0 spiro atoms. The molecule has 0 atom stereocenters. The monoisotopic (exact) mass is 316 g/mol. The van der Waals surface area contributed by atoms with Crippen molar-refractivity contribution in [2.75, 3.05) is 20.3 Å². The minimum absolute atomic E-state index is 0.117. The van der Waals surface area contributed by atoms with E-state index in [1.165, 1.54) is 0 Å². The van der Waals surface area contributed by atoms with Crippen LogP contribution in [0.3, 0.4) is 0 Å². The van der Waals surface area contributed by atoms with E-state index in [0.717, 1.165) is 22.6 Å². The fraction of sp³-hybridized carbons (Fsp3) is 0.444. The van der Waals surface area contributed by atoms with Crippen LogP contribution in [0, 0.1) is 13.8 Å². The van der Waals surface area contributed by atoms with E-state index < -0.39 is 0 Å². The first-order chi connectivity index (χ1) is 11.1. The van der Waals surface area contributed by atoms with E-state index in [-0.39, 0.29) is 5.91 Å². The summed E-state index contributed by atoms with van der Waals surface area (Å²) in [7, 11) is 1.65. The summed E-state index contributed by atoms with van der Waals surface area (Å²) in [6, 6.07) is 10.0. The first-order valence-electron chi connectivity index (χ1n) is 7.84. The van der Waals surface area contributed by atoms with Gasteiger partial charge in [-0.1, -0.05) is 35.5 Å². The van der Waals surface area contributed by atoms with E-state index in [1.54, 1.807) is 7.11 Å². The van der Waals surface area contributed by atoms with Gasteiger partial charge in [-0.3, -0.25) is 4.79 Å². The van der Waals surface area contributed by atoms with Gasteiger partial charge in [0.25, 0.3) is 0 Å². The van der Waals surface area contributed by atoms with Crippen LogP contribution >= 0.6 is 0 Å². The van der Waals surface area contributed by atoms with Gasteiger partial charge in [0.15, 0.2) is 0 Å². The minimum atomic E-state index is 0.117.